The zero-order chi connectivity index (χ0) is 19.8. The van der Waals surface area contributed by atoms with Crippen LogP contribution in [0.15, 0.2) is 59.1 Å². The summed E-state index contributed by atoms with van der Waals surface area (Å²) in [6.07, 6.45) is 1.51. The fourth-order valence-electron chi connectivity index (χ4n) is 2.62. The Balaban J connectivity index is 2.04. The van der Waals surface area contributed by atoms with Gasteiger partial charge >= 0.3 is 0 Å². The van der Waals surface area contributed by atoms with Gasteiger partial charge in [0.2, 0.25) is 0 Å². The summed E-state index contributed by atoms with van der Waals surface area (Å²) >= 11 is 5.11. The van der Waals surface area contributed by atoms with E-state index < -0.39 is 15.9 Å². The Morgan fingerprint density at radius 1 is 1.04 bits per heavy atom. The number of anilines is 1. The van der Waals surface area contributed by atoms with Crippen molar-refractivity contribution in [1.29, 1.82) is 0 Å². The third-order valence-electron chi connectivity index (χ3n) is 4.13. The topological polar surface area (TPSA) is 69.7 Å². The fourth-order valence-corrected chi connectivity index (χ4v) is 4.45. The number of benzene rings is 2. The highest BCUT2D eigenvalue weighted by Crippen LogP contribution is 2.26. The number of carbonyl (C=O) groups excluding carboxylic acids is 1. The Bertz CT molecular complexity index is 1020. The smallest absolute Gasteiger partial charge is 0.275 e. The van der Waals surface area contributed by atoms with Crippen LogP contribution in [0.4, 0.5) is 5.69 Å². The zero-order valence-electron chi connectivity index (χ0n) is 15.1. The monoisotopic (exact) mass is 401 g/mol. The largest absolute Gasteiger partial charge is 0.378 e. The minimum absolute atomic E-state index is 0.0295. The third kappa shape index (κ3) is 3.72. The molecule has 1 fully saturated rings. The number of rotatable bonds is 4. The summed E-state index contributed by atoms with van der Waals surface area (Å²) in [7, 11) is -0.151. The summed E-state index contributed by atoms with van der Waals surface area (Å²) in [6, 6.07) is 13.8. The molecule has 2 aromatic rings. The lowest BCUT2D eigenvalue weighted by molar-refractivity contribution is -0.115. The van der Waals surface area contributed by atoms with Gasteiger partial charge in [0.05, 0.1) is 4.90 Å². The molecule has 0 radical (unpaired) electrons. The molecule has 0 unspecified atom stereocenters. The SMILES string of the molecule is Cc1ccc(S(=O)(=O)N2C(=S)NC(=O)/C2=C/c2ccc(N(C)C)cc2)cc1. The molecule has 6 nitrogen and oxygen atoms in total. The number of hydrogen-bond acceptors (Lipinski definition) is 5. The van der Waals surface area contributed by atoms with E-state index in [-0.39, 0.29) is 15.7 Å². The molecule has 1 aliphatic rings. The predicted molar refractivity (Wildman–Crippen MR) is 110 cm³/mol. The Morgan fingerprint density at radius 2 is 1.63 bits per heavy atom. The highest BCUT2D eigenvalue weighted by molar-refractivity contribution is 7.91. The summed E-state index contributed by atoms with van der Waals surface area (Å²) in [5.41, 5.74) is 2.59. The molecule has 2 aromatic carbocycles. The van der Waals surface area contributed by atoms with Crippen LogP contribution in [0.2, 0.25) is 0 Å². The molecule has 1 aliphatic heterocycles. The lowest BCUT2D eigenvalue weighted by atomic mass is 10.1. The van der Waals surface area contributed by atoms with Crippen molar-refractivity contribution >= 4 is 45.0 Å². The predicted octanol–water partition coefficient (Wildman–Crippen LogP) is 2.51. The molecular weight excluding hydrogens is 382 g/mol. The van der Waals surface area contributed by atoms with Gasteiger partial charge in [-0.25, -0.2) is 12.7 Å². The standard InChI is InChI=1S/C19H19N3O3S2/c1-13-4-10-16(11-5-13)27(24,25)22-17(18(23)20-19(22)26)12-14-6-8-15(9-7-14)21(2)3/h4-12H,1-3H3,(H,20,23,26)/b17-12-. The average Bonchev–Trinajstić information content (AvgIpc) is 2.89. The number of sulfonamides is 1. The first kappa shape index (κ1) is 19.1. The van der Waals surface area contributed by atoms with Gasteiger partial charge in [-0.05, 0) is 55.0 Å². The molecule has 27 heavy (non-hydrogen) atoms. The Kier molecular flexibility index (Phi) is 5.03. The van der Waals surface area contributed by atoms with Crippen LogP contribution in [0.1, 0.15) is 11.1 Å². The van der Waals surface area contributed by atoms with E-state index in [2.05, 4.69) is 5.32 Å². The van der Waals surface area contributed by atoms with Crippen molar-refractivity contribution in [2.45, 2.75) is 11.8 Å². The van der Waals surface area contributed by atoms with Crippen LogP contribution < -0.4 is 10.2 Å². The zero-order valence-corrected chi connectivity index (χ0v) is 16.8. The molecule has 8 heteroatoms. The minimum Gasteiger partial charge on any atom is -0.378 e. The molecule has 0 spiro atoms. The van der Waals surface area contributed by atoms with Crippen LogP contribution in [0, 0.1) is 6.92 Å². The molecule has 0 atom stereocenters. The van der Waals surface area contributed by atoms with Gasteiger partial charge < -0.3 is 4.90 Å². The molecule has 3 rings (SSSR count). The maximum Gasteiger partial charge on any atom is 0.275 e. The molecule has 1 heterocycles. The van der Waals surface area contributed by atoms with Gasteiger partial charge in [0, 0.05) is 19.8 Å². The average molecular weight is 402 g/mol. The van der Waals surface area contributed by atoms with E-state index in [9.17, 15) is 13.2 Å². The maximum absolute atomic E-state index is 13.0. The van der Waals surface area contributed by atoms with Gasteiger partial charge in [-0.15, -0.1) is 0 Å². The maximum atomic E-state index is 13.0. The lowest BCUT2D eigenvalue weighted by Crippen LogP contribution is -2.33. The Hall–Kier alpha value is -2.71. The number of thiocarbonyl (C=S) groups is 1. The second kappa shape index (κ2) is 7.13. The number of nitrogens with one attached hydrogen (secondary N) is 1. The first-order chi connectivity index (χ1) is 12.7. The number of aryl methyl sites for hydroxylation is 1. The van der Waals surface area contributed by atoms with Crippen molar-refractivity contribution in [3.8, 4) is 0 Å². The number of amides is 1. The second-order valence-electron chi connectivity index (χ2n) is 6.36. The normalized spacial score (nSPS) is 16.0. The minimum atomic E-state index is -4.00. The number of nitrogens with zero attached hydrogens (tertiary/aromatic N) is 2. The summed E-state index contributed by atoms with van der Waals surface area (Å²) in [4.78, 5) is 14.3. The molecule has 0 aromatic heterocycles. The van der Waals surface area contributed by atoms with Crippen LogP contribution in [0.5, 0.6) is 0 Å². The molecule has 1 saturated heterocycles. The molecule has 0 aliphatic carbocycles. The lowest BCUT2D eigenvalue weighted by Gasteiger charge is -2.18. The van der Waals surface area contributed by atoms with Crippen LogP contribution >= 0.6 is 12.2 Å². The van der Waals surface area contributed by atoms with Crippen LogP contribution in [0.25, 0.3) is 6.08 Å². The van der Waals surface area contributed by atoms with Gasteiger partial charge in [0.15, 0.2) is 5.11 Å². The number of carbonyl (C=O) groups is 1. The Morgan fingerprint density at radius 3 is 2.19 bits per heavy atom. The number of hydrogen-bond donors (Lipinski definition) is 1. The summed E-state index contributed by atoms with van der Waals surface area (Å²) < 4.78 is 27.0. The Labute approximate surface area is 164 Å². The van der Waals surface area contributed by atoms with Crippen molar-refractivity contribution in [3.63, 3.8) is 0 Å². The van der Waals surface area contributed by atoms with E-state index in [1.54, 1.807) is 12.1 Å². The summed E-state index contributed by atoms with van der Waals surface area (Å²) in [5.74, 6) is -0.549. The van der Waals surface area contributed by atoms with Crippen molar-refractivity contribution in [1.82, 2.24) is 9.62 Å². The van der Waals surface area contributed by atoms with E-state index in [1.165, 1.54) is 18.2 Å². The van der Waals surface area contributed by atoms with E-state index >= 15 is 0 Å². The molecule has 0 saturated carbocycles. The fraction of sp³-hybridized carbons (Fsp3) is 0.158. The van der Waals surface area contributed by atoms with Gasteiger partial charge in [0.25, 0.3) is 15.9 Å². The molecule has 0 bridgehead atoms. The summed E-state index contributed by atoms with van der Waals surface area (Å²) in [6.45, 7) is 1.87. The highest BCUT2D eigenvalue weighted by atomic mass is 32.2. The molecular formula is C19H19N3O3S2. The van der Waals surface area contributed by atoms with E-state index in [0.717, 1.165) is 15.6 Å². The van der Waals surface area contributed by atoms with Gasteiger partial charge in [0.1, 0.15) is 5.70 Å². The quantitative estimate of drug-likeness (QED) is 0.630. The molecule has 1 amide bonds. The van der Waals surface area contributed by atoms with Gasteiger partial charge in [-0.1, -0.05) is 29.8 Å². The van der Waals surface area contributed by atoms with E-state index in [4.69, 9.17) is 12.2 Å². The van der Waals surface area contributed by atoms with Crippen LogP contribution in [-0.2, 0) is 14.8 Å². The second-order valence-corrected chi connectivity index (χ2v) is 8.53. The van der Waals surface area contributed by atoms with Crippen molar-refractivity contribution in [2.75, 3.05) is 19.0 Å². The van der Waals surface area contributed by atoms with Gasteiger partial charge in [-0.2, -0.15) is 0 Å². The first-order valence-electron chi connectivity index (χ1n) is 8.16. The van der Waals surface area contributed by atoms with Crippen LogP contribution in [-0.4, -0.2) is 37.8 Å². The van der Waals surface area contributed by atoms with Crippen molar-refractivity contribution in [2.24, 2.45) is 0 Å². The van der Waals surface area contributed by atoms with Gasteiger partial charge in [-0.3, -0.25) is 10.1 Å². The molecule has 140 valence electrons. The molecule has 1 N–H and O–H groups in total. The highest BCUT2D eigenvalue weighted by Gasteiger charge is 2.39. The summed E-state index contributed by atoms with van der Waals surface area (Å²) in [5, 5.41) is 2.26. The van der Waals surface area contributed by atoms with E-state index in [1.807, 2.05) is 50.2 Å². The van der Waals surface area contributed by atoms with Crippen LogP contribution in [0.3, 0.4) is 0 Å². The first-order valence-corrected chi connectivity index (χ1v) is 10.0. The third-order valence-corrected chi connectivity index (χ3v) is 6.26. The van der Waals surface area contributed by atoms with Crippen molar-refractivity contribution < 1.29 is 13.2 Å². The van der Waals surface area contributed by atoms with Crippen molar-refractivity contribution in [3.05, 3.63) is 65.4 Å². The van der Waals surface area contributed by atoms with E-state index in [0.29, 0.717) is 5.56 Å².